The second kappa shape index (κ2) is 4.56. The molecule has 1 unspecified atom stereocenters. The molecule has 1 rings (SSSR count). The molecule has 0 aromatic carbocycles. The summed E-state index contributed by atoms with van der Waals surface area (Å²) in [5, 5.41) is 1.99. The molecule has 2 heteroatoms. The summed E-state index contributed by atoms with van der Waals surface area (Å²) in [6.45, 7) is 6.26. The predicted octanol–water partition coefficient (Wildman–Crippen LogP) is 3.68. The fourth-order valence-electron chi connectivity index (χ4n) is 1.25. The summed E-state index contributed by atoms with van der Waals surface area (Å²) in [4.78, 5) is 12.8. The van der Waals surface area contributed by atoms with Gasteiger partial charge in [0.25, 0.3) is 0 Å². The summed E-state index contributed by atoms with van der Waals surface area (Å²) >= 11 is 1.65. The van der Waals surface area contributed by atoms with E-state index in [1.165, 1.54) is 0 Å². The topological polar surface area (TPSA) is 17.1 Å². The van der Waals surface area contributed by atoms with Crippen molar-refractivity contribution in [1.82, 2.24) is 0 Å². The van der Waals surface area contributed by atoms with E-state index >= 15 is 0 Å². The first-order valence-corrected chi connectivity index (χ1v) is 5.60. The molecule has 1 aromatic heterocycles. The lowest BCUT2D eigenvalue weighted by Crippen LogP contribution is -2.05. The summed E-state index contributed by atoms with van der Waals surface area (Å²) in [5.41, 5.74) is 0.922. The first-order chi connectivity index (χ1) is 6.15. The van der Waals surface area contributed by atoms with Gasteiger partial charge in [-0.05, 0) is 24.3 Å². The van der Waals surface area contributed by atoms with E-state index in [0.29, 0.717) is 18.1 Å². The molecule has 0 bridgehead atoms. The number of thiophene rings is 1. The van der Waals surface area contributed by atoms with Crippen molar-refractivity contribution in [3.8, 4) is 0 Å². The van der Waals surface area contributed by atoms with Gasteiger partial charge in [0, 0.05) is 16.9 Å². The highest BCUT2D eigenvalue weighted by molar-refractivity contribution is 7.10. The van der Waals surface area contributed by atoms with Crippen LogP contribution >= 0.6 is 11.3 Å². The number of hydrogen-bond acceptors (Lipinski definition) is 2. The SMILES string of the molecule is CCC(C)CC(=O)c1ccsc1C. The van der Waals surface area contributed by atoms with Gasteiger partial charge in [-0.3, -0.25) is 4.79 Å². The van der Waals surface area contributed by atoms with Crippen LogP contribution in [0.4, 0.5) is 0 Å². The molecule has 0 aliphatic heterocycles. The Morgan fingerprint density at radius 2 is 2.31 bits per heavy atom. The van der Waals surface area contributed by atoms with E-state index in [-0.39, 0.29) is 0 Å². The van der Waals surface area contributed by atoms with Crippen molar-refractivity contribution in [1.29, 1.82) is 0 Å². The van der Waals surface area contributed by atoms with Crippen LogP contribution in [-0.4, -0.2) is 5.78 Å². The van der Waals surface area contributed by atoms with Crippen LogP contribution in [0.1, 0.15) is 41.9 Å². The highest BCUT2D eigenvalue weighted by Crippen LogP contribution is 2.19. The third-order valence-corrected chi connectivity index (χ3v) is 3.24. The van der Waals surface area contributed by atoms with Gasteiger partial charge in [-0.25, -0.2) is 0 Å². The maximum absolute atomic E-state index is 11.7. The van der Waals surface area contributed by atoms with E-state index in [1.54, 1.807) is 11.3 Å². The fraction of sp³-hybridized carbons (Fsp3) is 0.545. The lowest BCUT2D eigenvalue weighted by atomic mass is 9.98. The number of aryl methyl sites for hydroxylation is 1. The Kier molecular flexibility index (Phi) is 3.67. The Balaban J connectivity index is 2.64. The van der Waals surface area contributed by atoms with Crippen LogP contribution in [0.15, 0.2) is 11.4 Å². The summed E-state index contributed by atoms with van der Waals surface area (Å²) in [7, 11) is 0. The number of carbonyl (C=O) groups excluding carboxylic acids is 1. The van der Waals surface area contributed by atoms with Crippen molar-refractivity contribution < 1.29 is 4.79 Å². The second-order valence-electron chi connectivity index (χ2n) is 3.53. The second-order valence-corrected chi connectivity index (χ2v) is 4.65. The average Bonchev–Trinajstić information content (AvgIpc) is 2.51. The number of carbonyl (C=O) groups is 1. The smallest absolute Gasteiger partial charge is 0.164 e. The molecule has 0 amide bonds. The maximum Gasteiger partial charge on any atom is 0.164 e. The van der Waals surface area contributed by atoms with Crippen molar-refractivity contribution in [2.75, 3.05) is 0 Å². The standard InChI is InChI=1S/C11H16OS/c1-4-8(2)7-11(12)10-5-6-13-9(10)3/h5-6,8H,4,7H2,1-3H3. The molecule has 0 aliphatic rings. The summed E-state index contributed by atoms with van der Waals surface area (Å²) in [5.74, 6) is 0.805. The van der Waals surface area contributed by atoms with E-state index in [2.05, 4.69) is 13.8 Å². The molecule has 0 saturated carbocycles. The molecule has 1 nitrogen and oxygen atoms in total. The average molecular weight is 196 g/mol. The summed E-state index contributed by atoms with van der Waals surface area (Å²) < 4.78 is 0. The van der Waals surface area contributed by atoms with Gasteiger partial charge in [-0.2, -0.15) is 0 Å². The fourth-order valence-corrected chi connectivity index (χ4v) is 1.96. The van der Waals surface area contributed by atoms with Gasteiger partial charge in [0.15, 0.2) is 5.78 Å². The molecule has 0 spiro atoms. The predicted molar refractivity (Wildman–Crippen MR) is 57.5 cm³/mol. The minimum atomic E-state index is 0.299. The molecule has 0 fully saturated rings. The van der Waals surface area contributed by atoms with E-state index in [0.717, 1.165) is 16.9 Å². The molecule has 13 heavy (non-hydrogen) atoms. The highest BCUT2D eigenvalue weighted by atomic mass is 32.1. The van der Waals surface area contributed by atoms with Crippen LogP contribution in [0, 0.1) is 12.8 Å². The number of Topliss-reactive ketones (excluding diaryl/α,β-unsaturated/α-hetero) is 1. The summed E-state index contributed by atoms with van der Waals surface area (Å²) in [6, 6.07) is 1.94. The van der Waals surface area contributed by atoms with Crippen molar-refractivity contribution in [2.45, 2.75) is 33.6 Å². The van der Waals surface area contributed by atoms with Crippen molar-refractivity contribution in [3.05, 3.63) is 21.9 Å². The van der Waals surface area contributed by atoms with Crippen molar-refractivity contribution >= 4 is 17.1 Å². The molecule has 72 valence electrons. The number of ketones is 1. The highest BCUT2D eigenvalue weighted by Gasteiger charge is 2.12. The summed E-state index contributed by atoms with van der Waals surface area (Å²) in [6.07, 6.45) is 1.77. The third kappa shape index (κ3) is 2.66. The quantitative estimate of drug-likeness (QED) is 0.671. The third-order valence-electron chi connectivity index (χ3n) is 2.39. The van der Waals surface area contributed by atoms with Crippen LogP contribution in [0.2, 0.25) is 0 Å². The van der Waals surface area contributed by atoms with Gasteiger partial charge < -0.3 is 0 Å². The molecular weight excluding hydrogens is 180 g/mol. The van der Waals surface area contributed by atoms with Gasteiger partial charge in [0.2, 0.25) is 0 Å². The van der Waals surface area contributed by atoms with Gasteiger partial charge in [0.05, 0.1) is 0 Å². The molecule has 1 atom stereocenters. The van der Waals surface area contributed by atoms with Gasteiger partial charge in [0.1, 0.15) is 0 Å². The zero-order valence-corrected chi connectivity index (χ0v) is 9.28. The number of hydrogen-bond donors (Lipinski definition) is 0. The Bertz CT molecular complexity index is 288. The molecule has 0 N–H and O–H groups in total. The van der Waals surface area contributed by atoms with Gasteiger partial charge in [-0.15, -0.1) is 11.3 Å². The molecule has 1 aromatic rings. The maximum atomic E-state index is 11.7. The minimum Gasteiger partial charge on any atom is -0.294 e. The lowest BCUT2D eigenvalue weighted by Gasteiger charge is -2.06. The van der Waals surface area contributed by atoms with Gasteiger partial charge in [-0.1, -0.05) is 20.3 Å². The zero-order chi connectivity index (χ0) is 9.84. The molecule has 0 radical (unpaired) electrons. The monoisotopic (exact) mass is 196 g/mol. The van der Waals surface area contributed by atoms with E-state index in [1.807, 2.05) is 18.4 Å². The minimum absolute atomic E-state index is 0.299. The molecule has 0 aliphatic carbocycles. The van der Waals surface area contributed by atoms with Crippen molar-refractivity contribution in [3.63, 3.8) is 0 Å². The molecular formula is C11H16OS. The van der Waals surface area contributed by atoms with E-state index in [9.17, 15) is 4.79 Å². The normalized spacial score (nSPS) is 12.8. The lowest BCUT2D eigenvalue weighted by molar-refractivity contribution is 0.0963. The largest absolute Gasteiger partial charge is 0.294 e. The molecule has 0 saturated heterocycles. The van der Waals surface area contributed by atoms with Gasteiger partial charge >= 0.3 is 0 Å². The Morgan fingerprint density at radius 3 is 2.77 bits per heavy atom. The van der Waals surface area contributed by atoms with Crippen LogP contribution < -0.4 is 0 Å². The van der Waals surface area contributed by atoms with Crippen LogP contribution in [0.25, 0.3) is 0 Å². The first kappa shape index (κ1) is 10.5. The van der Waals surface area contributed by atoms with E-state index < -0.39 is 0 Å². The Hall–Kier alpha value is -0.630. The Labute approximate surface area is 83.8 Å². The van der Waals surface area contributed by atoms with Crippen LogP contribution in [-0.2, 0) is 0 Å². The number of rotatable bonds is 4. The van der Waals surface area contributed by atoms with E-state index in [4.69, 9.17) is 0 Å². The zero-order valence-electron chi connectivity index (χ0n) is 8.46. The molecule has 1 heterocycles. The van der Waals surface area contributed by atoms with Crippen LogP contribution in [0.5, 0.6) is 0 Å². The Morgan fingerprint density at radius 1 is 1.62 bits per heavy atom. The van der Waals surface area contributed by atoms with Crippen LogP contribution in [0.3, 0.4) is 0 Å². The first-order valence-electron chi connectivity index (χ1n) is 4.72. The van der Waals surface area contributed by atoms with Crippen molar-refractivity contribution in [2.24, 2.45) is 5.92 Å².